The predicted molar refractivity (Wildman–Crippen MR) is 80.6 cm³/mol. The van der Waals surface area contributed by atoms with Crippen LogP contribution in [0, 0.1) is 0 Å². The molecule has 4 nitrogen and oxygen atoms in total. The van der Waals surface area contributed by atoms with Crippen molar-refractivity contribution in [3.63, 3.8) is 0 Å². The van der Waals surface area contributed by atoms with Gasteiger partial charge in [-0.1, -0.05) is 42.3 Å². The lowest BCUT2D eigenvalue weighted by Crippen LogP contribution is -2.07. The van der Waals surface area contributed by atoms with Crippen molar-refractivity contribution >= 4 is 40.4 Å². The summed E-state index contributed by atoms with van der Waals surface area (Å²) in [7, 11) is 0. The summed E-state index contributed by atoms with van der Waals surface area (Å²) >= 11 is 7.48. The fourth-order valence-corrected chi connectivity index (χ4v) is 3.81. The van der Waals surface area contributed by atoms with Crippen LogP contribution in [-0.2, 0) is 4.79 Å². The highest BCUT2D eigenvalue weighted by molar-refractivity contribution is 7.99. The topological polar surface area (TPSA) is 55.1 Å². The average Bonchev–Trinajstić information content (AvgIpc) is 3.03. The lowest BCUT2D eigenvalue weighted by Gasteiger charge is -2.15. The quantitative estimate of drug-likeness (QED) is 0.868. The van der Waals surface area contributed by atoms with Crippen LogP contribution in [-0.4, -0.2) is 26.4 Å². The Hall–Kier alpha value is -1.20. The van der Waals surface area contributed by atoms with Crippen LogP contribution in [0.2, 0.25) is 5.02 Å². The van der Waals surface area contributed by atoms with Crippen molar-refractivity contribution in [2.45, 2.75) is 36.9 Å². The molecule has 0 saturated heterocycles. The fraction of sp³-hybridized carbons (Fsp3) is 0.429. The smallest absolute Gasteiger partial charge is 0.313 e. The minimum atomic E-state index is -0.828. The van der Waals surface area contributed by atoms with E-state index in [1.807, 2.05) is 18.2 Å². The van der Waals surface area contributed by atoms with Gasteiger partial charge in [0.1, 0.15) is 5.52 Å². The largest absolute Gasteiger partial charge is 0.481 e. The zero-order valence-corrected chi connectivity index (χ0v) is 12.5. The number of carboxylic acid groups (broad SMARTS) is 1. The van der Waals surface area contributed by atoms with Crippen LogP contribution in [0.15, 0.2) is 23.4 Å². The van der Waals surface area contributed by atoms with Crippen molar-refractivity contribution in [2.75, 3.05) is 5.75 Å². The van der Waals surface area contributed by atoms with Crippen LogP contribution in [0.3, 0.4) is 0 Å². The van der Waals surface area contributed by atoms with Crippen LogP contribution in [0.5, 0.6) is 0 Å². The number of carbonyl (C=O) groups is 1. The minimum absolute atomic E-state index is 0.0215. The molecule has 1 N–H and O–H groups in total. The van der Waals surface area contributed by atoms with Gasteiger partial charge in [-0.2, -0.15) is 0 Å². The van der Waals surface area contributed by atoms with Crippen molar-refractivity contribution in [2.24, 2.45) is 0 Å². The van der Waals surface area contributed by atoms with Crippen molar-refractivity contribution in [1.82, 2.24) is 9.55 Å². The molecule has 1 aromatic heterocycles. The molecule has 2 aromatic rings. The van der Waals surface area contributed by atoms with Gasteiger partial charge in [0.15, 0.2) is 5.16 Å². The monoisotopic (exact) mass is 310 g/mol. The molecule has 0 atom stereocenters. The molecular weight excluding hydrogens is 296 g/mol. The van der Waals surface area contributed by atoms with Crippen molar-refractivity contribution in [3.8, 4) is 0 Å². The van der Waals surface area contributed by atoms with Crippen molar-refractivity contribution in [1.29, 1.82) is 0 Å². The van der Waals surface area contributed by atoms with E-state index in [1.165, 1.54) is 24.6 Å². The Bertz CT molecular complexity index is 650. The number of aliphatic carboxylic acids is 1. The molecule has 1 heterocycles. The third-order valence-electron chi connectivity index (χ3n) is 3.65. The van der Waals surface area contributed by atoms with Gasteiger partial charge in [0.2, 0.25) is 0 Å². The summed E-state index contributed by atoms with van der Waals surface area (Å²) < 4.78 is 2.18. The molecule has 1 aromatic carbocycles. The Morgan fingerprint density at radius 3 is 2.90 bits per heavy atom. The molecule has 1 fully saturated rings. The van der Waals surface area contributed by atoms with E-state index in [0.717, 1.165) is 29.0 Å². The van der Waals surface area contributed by atoms with E-state index >= 15 is 0 Å². The van der Waals surface area contributed by atoms with E-state index in [0.29, 0.717) is 11.1 Å². The maximum absolute atomic E-state index is 10.8. The second-order valence-electron chi connectivity index (χ2n) is 4.99. The highest BCUT2D eigenvalue weighted by Gasteiger charge is 2.23. The van der Waals surface area contributed by atoms with Gasteiger partial charge >= 0.3 is 5.97 Å². The van der Waals surface area contributed by atoms with Crippen LogP contribution >= 0.6 is 23.4 Å². The van der Waals surface area contributed by atoms with Crippen LogP contribution < -0.4 is 0 Å². The van der Waals surface area contributed by atoms with Gasteiger partial charge in [-0.25, -0.2) is 4.98 Å². The molecule has 0 radical (unpaired) electrons. The summed E-state index contributed by atoms with van der Waals surface area (Å²) in [4.78, 5) is 15.4. The maximum Gasteiger partial charge on any atom is 0.313 e. The number of aromatic nitrogens is 2. The van der Waals surface area contributed by atoms with Gasteiger partial charge in [0.25, 0.3) is 0 Å². The molecule has 6 heteroatoms. The number of rotatable bonds is 4. The lowest BCUT2D eigenvalue weighted by molar-refractivity contribution is -0.133. The number of halogens is 1. The van der Waals surface area contributed by atoms with E-state index in [2.05, 4.69) is 9.55 Å². The first-order valence-electron chi connectivity index (χ1n) is 6.68. The molecule has 20 heavy (non-hydrogen) atoms. The number of para-hydroxylation sites is 1. The standard InChI is InChI=1S/C14H15ClN2O2S/c15-10-6-3-7-11-13(10)16-14(20-8-12(18)19)17(11)9-4-1-2-5-9/h3,6-7,9H,1-2,4-5,8H2,(H,18,19). The minimum Gasteiger partial charge on any atom is -0.481 e. The van der Waals surface area contributed by atoms with Crippen LogP contribution in [0.25, 0.3) is 11.0 Å². The van der Waals surface area contributed by atoms with Crippen LogP contribution in [0.4, 0.5) is 0 Å². The number of hydrogen-bond acceptors (Lipinski definition) is 3. The number of benzene rings is 1. The van der Waals surface area contributed by atoms with E-state index < -0.39 is 5.97 Å². The number of imidazole rings is 1. The molecule has 1 aliphatic rings. The molecular formula is C14H15ClN2O2S. The lowest BCUT2D eigenvalue weighted by atomic mass is 10.2. The molecule has 3 rings (SSSR count). The SMILES string of the molecule is O=C(O)CSc1nc2c(Cl)cccc2n1C1CCCC1. The average molecular weight is 311 g/mol. The highest BCUT2D eigenvalue weighted by Crippen LogP contribution is 2.37. The number of thioether (sulfide) groups is 1. The fourth-order valence-electron chi connectivity index (χ4n) is 2.81. The van der Waals surface area contributed by atoms with E-state index in [-0.39, 0.29) is 5.75 Å². The first-order chi connectivity index (χ1) is 9.66. The Morgan fingerprint density at radius 2 is 2.20 bits per heavy atom. The predicted octanol–water partition coefficient (Wildman–Crippen LogP) is 3.98. The zero-order chi connectivity index (χ0) is 14.1. The number of hydrogen-bond donors (Lipinski definition) is 1. The molecule has 0 amide bonds. The van der Waals surface area contributed by atoms with Gasteiger partial charge in [0.05, 0.1) is 16.3 Å². The summed E-state index contributed by atoms with van der Waals surface area (Å²) in [6.45, 7) is 0. The summed E-state index contributed by atoms with van der Waals surface area (Å²) in [5, 5.41) is 10.3. The Balaban J connectivity index is 2.08. The number of carboxylic acids is 1. The molecule has 1 aliphatic carbocycles. The highest BCUT2D eigenvalue weighted by atomic mass is 35.5. The second-order valence-corrected chi connectivity index (χ2v) is 6.34. The molecule has 106 valence electrons. The molecule has 0 bridgehead atoms. The van der Waals surface area contributed by atoms with Crippen molar-refractivity contribution < 1.29 is 9.90 Å². The normalized spacial score (nSPS) is 16.1. The van der Waals surface area contributed by atoms with Gasteiger partial charge in [-0.15, -0.1) is 0 Å². The van der Waals surface area contributed by atoms with E-state index in [1.54, 1.807) is 0 Å². The summed E-state index contributed by atoms with van der Waals surface area (Å²) in [5.41, 5.74) is 1.78. The Labute approximate surface area is 126 Å². The summed E-state index contributed by atoms with van der Waals surface area (Å²) in [5.74, 6) is -0.806. The molecule has 0 spiro atoms. The Morgan fingerprint density at radius 1 is 1.45 bits per heavy atom. The first-order valence-corrected chi connectivity index (χ1v) is 8.04. The zero-order valence-electron chi connectivity index (χ0n) is 10.9. The van der Waals surface area contributed by atoms with E-state index in [4.69, 9.17) is 16.7 Å². The van der Waals surface area contributed by atoms with Gasteiger partial charge < -0.3 is 9.67 Å². The van der Waals surface area contributed by atoms with Crippen LogP contribution in [0.1, 0.15) is 31.7 Å². The number of nitrogens with zero attached hydrogens (tertiary/aromatic N) is 2. The third kappa shape index (κ3) is 2.52. The van der Waals surface area contributed by atoms with Crippen molar-refractivity contribution in [3.05, 3.63) is 23.2 Å². The van der Waals surface area contributed by atoms with Gasteiger partial charge in [-0.05, 0) is 25.0 Å². The molecule has 0 aliphatic heterocycles. The number of fused-ring (bicyclic) bond motifs is 1. The molecule has 0 unspecified atom stereocenters. The molecule has 1 saturated carbocycles. The Kier molecular flexibility index (Phi) is 3.89. The summed E-state index contributed by atoms with van der Waals surface area (Å²) in [6.07, 6.45) is 4.68. The van der Waals surface area contributed by atoms with Gasteiger partial charge in [0, 0.05) is 6.04 Å². The first kappa shape index (κ1) is 13.8. The summed E-state index contributed by atoms with van der Waals surface area (Å²) in [6, 6.07) is 6.16. The maximum atomic E-state index is 10.8. The van der Waals surface area contributed by atoms with Gasteiger partial charge in [-0.3, -0.25) is 4.79 Å². The second kappa shape index (κ2) is 5.66. The van der Waals surface area contributed by atoms with E-state index in [9.17, 15) is 4.79 Å². The third-order valence-corrected chi connectivity index (χ3v) is 4.90.